The fraction of sp³-hybridized carbons (Fsp3) is 0.258. The maximum atomic E-state index is 13.3. The van der Waals surface area contributed by atoms with Gasteiger partial charge >= 0.3 is 23.9 Å². The second-order valence-electron chi connectivity index (χ2n) is 28.6. The van der Waals surface area contributed by atoms with Crippen molar-refractivity contribution in [2.45, 2.75) is 103 Å². The van der Waals surface area contributed by atoms with Crippen LogP contribution in [0.5, 0.6) is 17.2 Å². The Kier molecular flexibility index (Phi) is 33.2. The molecule has 628 valence electrons. The summed E-state index contributed by atoms with van der Waals surface area (Å²) in [6.45, 7) is 8.79. The lowest BCUT2D eigenvalue weighted by Gasteiger charge is -2.34. The number of nitrogens with one attached hydrogen (secondary N) is 2. The molecule has 9 aromatic carbocycles. The standard InChI is InChI=1S/C29H29NO4.C25H26N2O5.C22H20N2O4.C21H19Cl2NO4/c1-21-28(29(32)34-20-22-9-5-3-6-10-22)26(19-27(31)30(21)17-18-33-2)25-15-13-24(14-16-25)23-11-7-4-8-12-23;1-17-24(25(29)32-16-20-6-4-5-7-22(20)31-3)21(14-23(28)27(17)12-13-30-2)19-10-8-18(15-26)9-11-19;1-14-21(22(26)28-13-17-5-3-4-6-19(17)27-2)18(11-20(25)24-14)16-9-7-15(12-23)8-10-16;1-12-20(21(26)28-11-14-5-3-4-6-18(14)27-2)15(10-19(25)24-12)13-7-8-16(22)17(23)9-13/h3-16,26H,17-20H2,1-2H3;4-11,21H,12-14,16H2,1-3H3;3-10,18H,11,13H2,1-2H3,(H,24,25);3-9,15H,10-11H2,1-2H3,(H,24,25). The van der Waals surface area contributed by atoms with Crippen molar-refractivity contribution in [1.82, 2.24) is 20.4 Å². The van der Waals surface area contributed by atoms with Crippen LogP contribution in [-0.4, -0.2) is 119 Å². The predicted molar refractivity (Wildman–Crippen MR) is 459 cm³/mol. The minimum absolute atomic E-state index is 0.0219. The molecule has 0 aromatic heterocycles. The van der Waals surface area contributed by atoms with Gasteiger partial charge in [-0.05, 0) is 121 Å². The third kappa shape index (κ3) is 23.6. The number of halogens is 2. The van der Waals surface area contributed by atoms with Gasteiger partial charge in [0.25, 0.3) is 0 Å². The number of amides is 4. The highest BCUT2D eigenvalue weighted by Crippen LogP contribution is 2.42. The van der Waals surface area contributed by atoms with Crippen LogP contribution in [0.1, 0.15) is 133 Å². The number of esters is 4. The molecular weight excluding hydrogens is 1590 g/mol. The molecule has 9 aromatic rings. The molecular formula is C97H94Cl2N6O17. The molecule has 0 saturated heterocycles. The Morgan fingerprint density at radius 1 is 0.385 bits per heavy atom. The van der Waals surface area contributed by atoms with Crippen molar-refractivity contribution in [2.24, 2.45) is 0 Å². The van der Waals surface area contributed by atoms with Gasteiger partial charge in [-0.2, -0.15) is 10.5 Å². The molecule has 25 heteroatoms. The molecule has 4 unspecified atom stereocenters. The SMILES string of the molecule is COCCN1C(=O)CC(c2ccc(-c3ccccc3)cc2)C(C(=O)OCc2ccccc2)=C1C.COCCN1C(=O)CC(c2ccc(C#N)cc2)C(C(=O)OCc2ccccc2OC)=C1C.COc1ccccc1COC(=O)C1=C(C)NC(=O)CC1c1ccc(C#N)cc1.COc1ccccc1COC(=O)C1=C(C)NC(=O)CC1c1ccc(Cl)c(Cl)c1. The predicted octanol–water partition coefficient (Wildman–Crippen LogP) is 16.7. The summed E-state index contributed by atoms with van der Waals surface area (Å²) in [6, 6.07) is 72.8. The largest absolute Gasteiger partial charge is 0.496 e. The van der Waals surface area contributed by atoms with Crippen LogP contribution in [0.3, 0.4) is 0 Å². The number of carbonyl (C=O) groups is 8. The molecule has 2 N–H and O–H groups in total. The number of ether oxygens (including phenoxy) is 9. The molecule has 4 atom stereocenters. The van der Waals surface area contributed by atoms with Crippen molar-refractivity contribution in [3.63, 3.8) is 0 Å². The number of nitriles is 2. The molecule has 4 heterocycles. The lowest BCUT2D eigenvalue weighted by atomic mass is 9.83. The van der Waals surface area contributed by atoms with Crippen molar-refractivity contribution in [2.75, 3.05) is 61.9 Å². The number of para-hydroxylation sites is 3. The van der Waals surface area contributed by atoms with E-state index in [1.165, 1.54) is 0 Å². The van der Waals surface area contributed by atoms with E-state index >= 15 is 0 Å². The number of methoxy groups -OCH3 is 5. The molecule has 0 spiro atoms. The van der Waals surface area contributed by atoms with E-state index in [0.29, 0.717) is 110 Å². The van der Waals surface area contributed by atoms with Crippen LogP contribution in [0.15, 0.2) is 270 Å². The maximum absolute atomic E-state index is 13.3. The Bertz CT molecular complexity index is 5490. The summed E-state index contributed by atoms with van der Waals surface area (Å²) < 4.78 is 48.6. The zero-order valence-electron chi connectivity index (χ0n) is 69.1. The van der Waals surface area contributed by atoms with E-state index in [-0.39, 0.29) is 81.7 Å². The fourth-order valence-corrected chi connectivity index (χ4v) is 15.0. The summed E-state index contributed by atoms with van der Waals surface area (Å²) >= 11 is 12.1. The molecule has 13 rings (SSSR count). The highest BCUT2D eigenvalue weighted by Gasteiger charge is 2.40. The number of allylic oxidation sites excluding steroid dienone is 4. The molecule has 23 nitrogen and oxygen atoms in total. The Balaban J connectivity index is 0.000000171. The third-order valence-electron chi connectivity index (χ3n) is 21.0. The summed E-state index contributed by atoms with van der Waals surface area (Å²) in [7, 11) is 7.85. The van der Waals surface area contributed by atoms with Gasteiger partial charge in [-0.25, -0.2) is 19.2 Å². The topological polar surface area (TPSA) is 298 Å². The van der Waals surface area contributed by atoms with E-state index in [9.17, 15) is 38.4 Å². The highest BCUT2D eigenvalue weighted by molar-refractivity contribution is 6.42. The molecule has 0 bridgehead atoms. The van der Waals surface area contributed by atoms with Crippen LogP contribution < -0.4 is 24.8 Å². The van der Waals surface area contributed by atoms with Gasteiger partial charge < -0.3 is 63.1 Å². The number of carbonyl (C=O) groups excluding carboxylic acids is 8. The van der Waals surface area contributed by atoms with E-state index in [1.807, 2.05) is 134 Å². The summed E-state index contributed by atoms with van der Waals surface area (Å²) in [5, 5.41) is 24.3. The van der Waals surface area contributed by atoms with Gasteiger partial charge in [0, 0.05) is 116 Å². The molecule has 4 aliphatic heterocycles. The number of hydrogen-bond acceptors (Lipinski definition) is 19. The summed E-state index contributed by atoms with van der Waals surface area (Å²) in [6.07, 6.45) is 0.601. The van der Waals surface area contributed by atoms with Gasteiger partial charge in [0.05, 0.1) is 90.1 Å². The zero-order chi connectivity index (χ0) is 87.4. The van der Waals surface area contributed by atoms with Crippen molar-refractivity contribution in [1.29, 1.82) is 10.5 Å². The van der Waals surface area contributed by atoms with Crippen molar-refractivity contribution >= 4 is 70.7 Å². The van der Waals surface area contributed by atoms with Crippen LogP contribution in [0.4, 0.5) is 0 Å². The van der Waals surface area contributed by atoms with Crippen molar-refractivity contribution in [3.8, 4) is 40.5 Å². The van der Waals surface area contributed by atoms with Crippen LogP contribution in [0.2, 0.25) is 10.0 Å². The molecule has 0 radical (unpaired) electrons. The monoisotopic (exact) mass is 1680 g/mol. The highest BCUT2D eigenvalue weighted by atomic mass is 35.5. The Hall–Kier alpha value is -13.4. The molecule has 0 aliphatic carbocycles. The van der Waals surface area contributed by atoms with E-state index < -0.39 is 41.6 Å². The van der Waals surface area contributed by atoms with Crippen LogP contribution >= 0.6 is 23.2 Å². The smallest absolute Gasteiger partial charge is 0.336 e. The molecule has 122 heavy (non-hydrogen) atoms. The fourth-order valence-electron chi connectivity index (χ4n) is 14.7. The number of rotatable bonds is 26. The third-order valence-corrected chi connectivity index (χ3v) is 21.8. The minimum atomic E-state index is -0.500. The van der Waals surface area contributed by atoms with Crippen molar-refractivity contribution < 1.29 is 81.0 Å². The van der Waals surface area contributed by atoms with Crippen LogP contribution in [-0.2, 0) is 93.2 Å². The van der Waals surface area contributed by atoms with Crippen LogP contribution in [0.25, 0.3) is 11.1 Å². The number of nitrogens with zero attached hydrogens (tertiary/aromatic N) is 4. The minimum Gasteiger partial charge on any atom is -0.496 e. The summed E-state index contributed by atoms with van der Waals surface area (Å²) in [5.74, 6) is -2.11. The van der Waals surface area contributed by atoms with Gasteiger partial charge in [-0.1, -0.05) is 193 Å². The summed E-state index contributed by atoms with van der Waals surface area (Å²) in [4.78, 5) is 106. The van der Waals surface area contributed by atoms with Crippen molar-refractivity contribution in [3.05, 3.63) is 335 Å². The van der Waals surface area contributed by atoms with E-state index in [1.54, 1.807) is 151 Å². The molecule has 4 aliphatic rings. The van der Waals surface area contributed by atoms with E-state index in [0.717, 1.165) is 55.6 Å². The van der Waals surface area contributed by atoms with Gasteiger partial charge in [-0.3, -0.25) is 19.2 Å². The average molecular weight is 1690 g/mol. The number of hydrogen-bond donors (Lipinski definition) is 2. The van der Waals surface area contributed by atoms with Gasteiger partial charge in [0.1, 0.15) is 43.7 Å². The molecule has 0 fully saturated rings. The normalized spacial score (nSPS) is 16.2. The lowest BCUT2D eigenvalue weighted by molar-refractivity contribution is -0.143. The molecule has 0 saturated carbocycles. The second kappa shape index (κ2) is 44.6. The first kappa shape index (κ1) is 90.9. The van der Waals surface area contributed by atoms with Gasteiger partial charge in [0.2, 0.25) is 23.6 Å². The average Bonchev–Trinajstić information content (AvgIpc) is 0.779. The first-order valence-electron chi connectivity index (χ1n) is 39.2. The Labute approximate surface area is 719 Å². The molecule has 4 amide bonds. The first-order chi connectivity index (χ1) is 59.0. The zero-order valence-corrected chi connectivity index (χ0v) is 70.7. The van der Waals surface area contributed by atoms with E-state index in [4.69, 9.17) is 76.4 Å². The first-order valence-corrected chi connectivity index (χ1v) is 40.0. The summed E-state index contributed by atoms with van der Waals surface area (Å²) in [5.41, 5.74) is 13.5. The van der Waals surface area contributed by atoms with Crippen LogP contribution in [0, 0.1) is 22.7 Å². The van der Waals surface area contributed by atoms with Gasteiger partial charge in [0.15, 0.2) is 0 Å². The second-order valence-corrected chi connectivity index (χ2v) is 29.4. The number of benzene rings is 9. The Morgan fingerprint density at radius 3 is 1.09 bits per heavy atom. The Morgan fingerprint density at radius 2 is 0.713 bits per heavy atom. The van der Waals surface area contributed by atoms with E-state index in [2.05, 4.69) is 34.9 Å². The maximum Gasteiger partial charge on any atom is 0.336 e. The quantitative estimate of drug-likeness (QED) is 0.0376. The van der Waals surface area contributed by atoms with Gasteiger partial charge in [-0.15, -0.1) is 0 Å². The lowest BCUT2D eigenvalue weighted by Crippen LogP contribution is -2.40.